The molecule has 1 aliphatic heterocycles. The highest BCUT2D eigenvalue weighted by Gasteiger charge is 2.60. The van der Waals surface area contributed by atoms with E-state index in [-0.39, 0.29) is 18.0 Å². The summed E-state index contributed by atoms with van der Waals surface area (Å²) < 4.78 is 5.27. The maximum atomic E-state index is 11.2. The highest BCUT2D eigenvalue weighted by molar-refractivity contribution is 9.09. The molecule has 2 saturated carbocycles. The molecule has 0 spiro atoms. The summed E-state index contributed by atoms with van der Waals surface area (Å²) in [6.07, 6.45) is 2.48. The molecule has 11 heavy (non-hydrogen) atoms. The van der Waals surface area contributed by atoms with E-state index >= 15 is 0 Å². The van der Waals surface area contributed by atoms with Crippen LogP contribution in [0.2, 0.25) is 0 Å². The Morgan fingerprint density at radius 1 is 1.45 bits per heavy atom. The number of esters is 1. The van der Waals surface area contributed by atoms with Crippen molar-refractivity contribution >= 4 is 21.9 Å². The topological polar surface area (TPSA) is 26.3 Å². The highest BCUT2D eigenvalue weighted by atomic mass is 79.9. The number of halogens is 1. The third-order valence-corrected chi connectivity index (χ3v) is 4.66. The average molecular weight is 217 g/mol. The lowest BCUT2D eigenvalue weighted by Crippen LogP contribution is -2.26. The molecule has 1 saturated heterocycles. The van der Waals surface area contributed by atoms with Crippen molar-refractivity contribution in [2.45, 2.75) is 23.8 Å². The first-order chi connectivity index (χ1) is 5.27. The smallest absolute Gasteiger partial charge is 0.309 e. The Labute approximate surface area is 73.4 Å². The van der Waals surface area contributed by atoms with Crippen molar-refractivity contribution in [2.75, 3.05) is 0 Å². The normalized spacial score (nSPS) is 58.6. The maximum Gasteiger partial charge on any atom is 0.309 e. The average Bonchev–Trinajstić information content (AvgIpc) is 2.53. The monoisotopic (exact) mass is 216 g/mol. The largest absolute Gasteiger partial charge is 0.461 e. The fourth-order valence-corrected chi connectivity index (χ4v) is 3.82. The first-order valence-corrected chi connectivity index (χ1v) is 5.03. The van der Waals surface area contributed by atoms with Crippen LogP contribution in [0.1, 0.15) is 12.8 Å². The predicted octanol–water partition coefficient (Wildman–Crippen LogP) is 1.33. The fourth-order valence-electron chi connectivity index (χ4n) is 2.88. The predicted molar refractivity (Wildman–Crippen MR) is 42.3 cm³/mol. The van der Waals surface area contributed by atoms with Crippen LogP contribution in [0.3, 0.4) is 0 Å². The molecule has 3 rings (SSSR count). The van der Waals surface area contributed by atoms with Gasteiger partial charge in [0.1, 0.15) is 6.10 Å². The van der Waals surface area contributed by atoms with E-state index in [0.29, 0.717) is 16.7 Å². The molecule has 60 valence electrons. The number of alkyl halides is 1. The van der Waals surface area contributed by atoms with Gasteiger partial charge < -0.3 is 4.74 Å². The minimum atomic E-state index is 0.0597. The minimum absolute atomic E-state index is 0.0597. The molecule has 0 aromatic carbocycles. The van der Waals surface area contributed by atoms with Crippen molar-refractivity contribution in [1.82, 2.24) is 0 Å². The van der Waals surface area contributed by atoms with Crippen molar-refractivity contribution in [2.24, 2.45) is 17.8 Å². The Bertz CT molecular complexity index is 228. The summed E-state index contributed by atoms with van der Waals surface area (Å²) in [6, 6.07) is 0. The van der Waals surface area contributed by atoms with Gasteiger partial charge in [0.15, 0.2) is 0 Å². The summed E-state index contributed by atoms with van der Waals surface area (Å²) in [5.41, 5.74) is 0. The van der Waals surface area contributed by atoms with Crippen molar-refractivity contribution in [1.29, 1.82) is 0 Å². The van der Waals surface area contributed by atoms with Crippen LogP contribution in [0.15, 0.2) is 0 Å². The van der Waals surface area contributed by atoms with Gasteiger partial charge in [-0.1, -0.05) is 15.9 Å². The SMILES string of the molecule is O=C1O[C@@H]2[C@@H](Br)[C@@H]3C[C@@H]2[C@@H]1C3. The summed E-state index contributed by atoms with van der Waals surface area (Å²) in [7, 11) is 0. The molecule has 0 radical (unpaired) electrons. The zero-order valence-corrected chi connectivity index (χ0v) is 7.58. The van der Waals surface area contributed by atoms with E-state index in [9.17, 15) is 4.79 Å². The van der Waals surface area contributed by atoms with Gasteiger partial charge in [-0.2, -0.15) is 0 Å². The molecule has 2 nitrogen and oxygen atoms in total. The van der Waals surface area contributed by atoms with Gasteiger partial charge in [-0.15, -0.1) is 0 Å². The first kappa shape index (κ1) is 6.46. The Kier molecular flexibility index (Phi) is 1.07. The molecular formula is C8H9BrO2. The Balaban J connectivity index is 2.04. The van der Waals surface area contributed by atoms with Crippen molar-refractivity contribution < 1.29 is 9.53 Å². The lowest BCUT2D eigenvalue weighted by molar-refractivity contribution is -0.143. The molecule has 0 aromatic rings. The molecule has 1 heterocycles. The number of ether oxygens (including phenoxy) is 1. The van der Waals surface area contributed by atoms with Crippen molar-refractivity contribution in [3.8, 4) is 0 Å². The molecule has 0 unspecified atom stereocenters. The summed E-state index contributed by atoms with van der Waals surface area (Å²) in [5.74, 6) is 1.58. The summed E-state index contributed by atoms with van der Waals surface area (Å²) >= 11 is 3.60. The Hall–Kier alpha value is -0.0500. The van der Waals surface area contributed by atoms with E-state index in [1.54, 1.807) is 0 Å². The maximum absolute atomic E-state index is 11.2. The summed E-state index contributed by atoms with van der Waals surface area (Å²) in [5, 5.41) is 0. The molecule has 5 atom stereocenters. The van der Waals surface area contributed by atoms with Crippen LogP contribution in [-0.2, 0) is 9.53 Å². The van der Waals surface area contributed by atoms with Gasteiger partial charge in [-0.3, -0.25) is 4.79 Å². The zero-order valence-electron chi connectivity index (χ0n) is 6.00. The van der Waals surface area contributed by atoms with Gasteiger partial charge in [-0.05, 0) is 18.8 Å². The van der Waals surface area contributed by atoms with E-state index in [1.807, 2.05) is 0 Å². The van der Waals surface area contributed by atoms with Crippen LogP contribution in [0.5, 0.6) is 0 Å². The summed E-state index contributed by atoms with van der Waals surface area (Å²) in [6.45, 7) is 0. The van der Waals surface area contributed by atoms with Crippen molar-refractivity contribution in [3.63, 3.8) is 0 Å². The Morgan fingerprint density at radius 2 is 2.27 bits per heavy atom. The first-order valence-electron chi connectivity index (χ1n) is 4.12. The van der Waals surface area contributed by atoms with E-state index in [1.165, 1.54) is 6.42 Å². The number of carbonyl (C=O) groups is 1. The molecule has 0 aromatic heterocycles. The van der Waals surface area contributed by atoms with Gasteiger partial charge in [0.25, 0.3) is 0 Å². The van der Waals surface area contributed by atoms with E-state index in [2.05, 4.69) is 15.9 Å². The second-order valence-electron chi connectivity index (χ2n) is 3.85. The van der Waals surface area contributed by atoms with Gasteiger partial charge in [0.2, 0.25) is 0 Å². The fraction of sp³-hybridized carbons (Fsp3) is 0.875. The second-order valence-corrected chi connectivity index (χ2v) is 4.91. The Morgan fingerprint density at radius 3 is 2.91 bits per heavy atom. The minimum Gasteiger partial charge on any atom is -0.461 e. The quantitative estimate of drug-likeness (QED) is 0.452. The molecule has 0 N–H and O–H groups in total. The van der Waals surface area contributed by atoms with Gasteiger partial charge in [0.05, 0.1) is 10.7 Å². The van der Waals surface area contributed by atoms with Crippen molar-refractivity contribution in [3.05, 3.63) is 0 Å². The van der Waals surface area contributed by atoms with Crippen LogP contribution in [0.25, 0.3) is 0 Å². The molecule has 0 amide bonds. The van der Waals surface area contributed by atoms with Crippen LogP contribution >= 0.6 is 15.9 Å². The second kappa shape index (κ2) is 1.82. The van der Waals surface area contributed by atoms with E-state index in [4.69, 9.17) is 4.74 Å². The lowest BCUT2D eigenvalue weighted by Gasteiger charge is -2.18. The third-order valence-electron chi connectivity index (χ3n) is 3.39. The summed E-state index contributed by atoms with van der Waals surface area (Å²) in [4.78, 5) is 11.6. The third kappa shape index (κ3) is 0.616. The zero-order chi connectivity index (χ0) is 7.59. The molecule has 3 fully saturated rings. The number of fused-ring (bicyclic) bond motifs is 1. The molecule has 2 aliphatic carbocycles. The molecular weight excluding hydrogens is 208 g/mol. The highest BCUT2D eigenvalue weighted by Crippen LogP contribution is 2.56. The van der Waals surface area contributed by atoms with Gasteiger partial charge in [-0.25, -0.2) is 0 Å². The lowest BCUT2D eigenvalue weighted by atomic mass is 9.90. The molecule has 3 heteroatoms. The number of carbonyl (C=O) groups excluding carboxylic acids is 1. The molecule has 3 aliphatic rings. The van der Waals surface area contributed by atoms with Gasteiger partial charge >= 0.3 is 5.97 Å². The van der Waals surface area contributed by atoms with E-state index < -0.39 is 0 Å². The van der Waals surface area contributed by atoms with Crippen LogP contribution < -0.4 is 0 Å². The van der Waals surface area contributed by atoms with Crippen LogP contribution in [-0.4, -0.2) is 16.9 Å². The van der Waals surface area contributed by atoms with Crippen LogP contribution in [0.4, 0.5) is 0 Å². The van der Waals surface area contributed by atoms with Gasteiger partial charge in [0, 0.05) is 5.92 Å². The standard InChI is InChI=1S/C8H9BrO2/c9-6-3-1-4-5(2-3)8(10)11-7(4)6/h3-7H,1-2H2/t3-,4-,5+,6+,7+/m1/s1. The van der Waals surface area contributed by atoms with E-state index in [0.717, 1.165) is 6.42 Å². The number of rotatable bonds is 0. The van der Waals surface area contributed by atoms with Crippen LogP contribution in [0, 0.1) is 17.8 Å². The number of hydrogen-bond donors (Lipinski definition) is 0. The molecule has 2 bridgehead atoms. The number of hydrogen-bond acceptors (Lipinski definition) is 2.